The van der Waals surface area contributed by atoms with Crippen LogP contribution in [0.15, 0.2) is 42.5 Å². The molecule has 31 heavy (non-hydrogen) atoms. The molecule has 0 bridgehead atoms. The van der Waals surface area contributed by atoms with E-state index in [1.165, 1.54) is 36.3 Å². The molecule has 2 aromatic rings. The second kappa shape index (κ2) is 9.80. The predicted molar refractivity (Wildman–Crippen MR) is 114 cm³/mol. The summed E-state index contributed by atoms with van der Waals surface area (Å²) in [7, 11) is 1.28. The maximum absolute atomic E-state index is 12.3. The Kier molecular flexibility index (Phi) is 7.14. The van der Waals surface area contributed by atoms with Crippen molar-refractivity contribution in [2.45, 2.75) is 6.42 Å². The number of carbonyl (C=O) groups excluding carboxylic acids is 4. The van der Waals surface area contributed by atoms with Crippen LogP contribution in [0.25, 0.3) is 0 Å². The highest BCUT2D eigenvalue weighted by Gasteiger charge is 2.36. The lowest BCUT2D eigenvalue weighted by molar-refractivity contribution is -0.151. The lowest BCUT2D eigenvalue weighted by atomic mass is 10.1. The third kappa shape index (κ3) is 5.53. The normalized spacial score (nSPS) is 15.5. The number of hydrogen-bond acceptors (Lipinski definition) is 6. The second-order valence-corrected chi connectivity index (χ2v) is 7.57. The summed E-state index contributed by atoms with van der Waals surface area (Å²) in [5, 5.41) is 3.20. The van der Waals surface area contributed by atoms with E-state index in [4.69, 9.17) is 27.9 Å². The monoisotopic (exact) mass is 464 g/mol. The molecule has 1 heterocycles. The Bertz CT molecular complexity index is 1030. The number of halogens is 2. The third-order valence-electron chi connectivity index (χ3n) is 4.61. The molecule has 3 rings (SSSR count). The molecule has 0 radical (unpaired) electrons. The number of carbonyl (C=O) groups is 4. The number of anilines is 2. The molecule has 0 aliphatic carbocycles. The van der Waals surface area contributed by atoms with Gasteiger partial charge in [-0.25, -0.2) is 4.79 Å². The topological polar surface area (TPSA) is 102 Å². The number of rotatable bonds is 6. The van der Waals surface area contributed by atoms with Crippen molar-refractivity contribution in [2.24, 2.45) is 5.92 Å². The van der Waals surface area contributed by atoms with E-state index in [0.717, 1.165) is 0 Å². The van der Waals surface area contributed by atoms with Gasteiger partial charge in [-0.05, 0) is 42.5 Å². The van der Waals surface area contributed by atoms with Gasteiger partial charge in [0, 0.05) is 23.7 Å². The van der Waals surface area contributed by atoms with E-state index in [9.17, 15) is 19.2 Å². The van der Waals surface area contributed by atoms with Crippen molar-refractivity contribution in [3.63, 3.8) is 0 Å². The van der Waals surface area contributed by atoms with Crippen LogP contribution >= 0.6 is 23.2 Å². The van der Waals surface area contributed by atoms with Gasteiger partial charge >= 0.3 is 11.9 Å². The number of hydrogen-bond donors (Lipinski definition) is 1. The molecule has 10 heteroatoms. The molecule has 1 atom stereocenters. The lowest BCUT2D eigenvalue weighted by Crippen LogP contribution is -2.28. The average Bonchev–Trinajstić information content (AvgIpc) is 3.15. The van der Waals surface area contributed by atoms with E-state index >= 15 is 0 Å². The number of nitrogens with one attached hydrogen (secondary N) is 1. The largest absolute Gasteiger partial charge is 0.465 e. The van der Waals surface area contributed by atoms with E-state index in [1.807, 2.05) is 0 Å². The van der Waals surface area contributed by atoms with Crippen LogP contribution in [-0.4, -0.2) is 44.0 Å². The Hall–Kier alpha value is -3.10. The van der Waals surface area contributed by atoms with Gasteiger partial charge in [0.2, 0.25) is 5.91 Å². The molecule has 2 aromatic carbocycles. The fraction of sp³-hybridized carbons (Fsp3) is 0.238. The number of methoxy groups -OCH3 is 1. The molecule has 8 nitrogen and oxygen atoms in total. The van der Waals surface area contributed by atoms with Gasteiger partial charge in [0.05, 0.1) is 29.3 Å². The molecule has 1 N–H and O–H groups in total. The first kappa shape index (κ1) is 22.6. The molecule has 0 spiro atoms. The van der Waals surface area contributed by atoms with Crippen molar-refractivity contribution in [3.8, 4) is 0 Å². The molecular weight excluding hydrogens is 447 g/mol. The average molecular weight is 465 g/mol. The van der Waals surface area contributed by atoms with Gasteiger partial charge in [0.15, 0.2) is 6.61 Å². The highest BCUT2D eigenvalue weighted by atomic mass is 35.5. The van der Waals surface area contributed by atoms with E-state index in [-0.39, 0.29) is 23.9 Å². The van der Waals surface area contributed by atoms with Crippen LogP contribution in [0.2, 0.25) is 10.0 Å². The summed E-state index contributed by atoms with van der Waals surface area (Å²) in [5.41, 5.74) is 1.23. The van der Waals surface area contributed by atoms with Gasteiger partial charge in [-0.15, -0.1) is 0 Å². The Labute approximate surface area is 188 Å². The number of ether oxygens (including phenoxy) is 2. The molecule has 0 aromatic heterocycles. The SMILES string of the molecule is COC(=O)c1ccc(N2C[C@@H](C(=O)OCC(=O)Nc3ccc(Cl)cc3Cl)CC2=O)cc1. The van der Waals surface area contributed by atoms with Gasteiger partial charge in [0.1, 0.15) is 0 Å². The van der Waals surface area contributed by atoms with E-state index < -0.39 is 30.4 Å². The summed E-state index contributed by atoms with van der Waals surface area (Å²) in [6, 6.07) is 10.8. The first-order chi connectivity index (χ1) is 14.8. The minimum absolute atomic E-state index is 0.0395. The number of amides is 2. The molecule has 1 fully saturated rings. The Morgan fingerprint density at radius 2 is 1.84 bits per heavy atom. The predicted octanol–water partition coefficient (Wildman–Crippen LogP) is 3.31. The molecule has 1 saturated heterocycles. The van der Waals surface area contributed by atoms with Crippen molar-refractivity contribution >= 4 is 58.3 Å². The molecule has 0 unspecified atom stereocenters. The quantitative estimate of drug-likeness (QED) is 0.657. The smallest absolute Gasteiger partial charge is 0.337 e. The highest BCUT2D eigenvalue weighted by Crippen LogP contribution is 2.27. The van der Waals surface area contributed by atoms with Crippen LogP contribution in [0.5, 0.6) is 0 Å². The van der Waals surface area contributed by atoms with Crippen molar-refractivity contribution < 1.29 is 28.7 Å². The summed E-state index contributed by atoms with van der Waals surface area (Å²) < 4.78 is 9.70. The fourth-order valence-electron chi connectivity index (χ4n) is 3.04. The van der Waals surface area contributed by atoms with Gasteiger partial charge in [-0.3, -0.25) is 14.4 Å². The zero-order valence-electron chi connectivity index (χ0n) is 16.4. The van der Waals surface area contributed by atoms with Gasteiger partial charge in [0.25, 0.3) is 5.91 Å². The maximum Gasteiger partial charge on any atom is 0.337 e. The van der Waals surface area contributed by atoms with E-state index in [1.54, 1.807) is 18.2 Å². The first-order valence-corrected chi connectivity index (χ1v) is 9.94. The van der Waals surface area contributed by atoms with Crippen molar-refractivity contribution in [1.82, 2.24) is 0 Å². The molecule has 162 valence electrons. The zero-order chi connectivity index (χ0) is 22.5. The van der Waals surface area contributed by atoms with Crippen LogP contribution in [0, 0.1) is 5.92 Å². The maximum atomic E-state index is 12.3. The second-order valence-electron chi connectivity index (χ2n) is 6.72. The van der Waals surface area contributed by atoms with Crippen LogP contribution in [0.1, 0.15) is 16.8 Å². The molecular formula is C21H18Cl2N2O6. The zero-order valence-corrected chi connectivity index (χ0v) is 17.9. The van der Waals surface area contributed by atoms with Gasteiger partial charge in [-0.2, -0.15) is 0 Å². The van der Waals surface area contributed by atoms with Crippen LogP contribution in [0.3, 0.4) is 0 Å². The lowest BCUT2D eigenvalue weighted by Gasteiger charge is -2.17. The highest BCUT2D eigenvalue weighted by molar-refractivity contribution is 6.36. The van der Waals surface area contributed by atoms with Crippen molar-refractivity contribution in [2.75, 3.05) is 30.5 Å². The van der Waals surface area contributed by atoms with Gasteiger partial charge in [-0.1, -0.05) is 23.2 Å². The summed E-state index contributed by atoms with van der Waals surface area (Å²) in [6.45, 7) is -0.407. The number of esters is 2. The Balaban J connectivity index is 1.54. The van der Waals surface area contributed by atoms with Crippen LogP contribution in [0.4, 0.5) is 11.4 Å². The summed E-state index contributed by atoms with van der Waals surface area (Å²) >= 11 is 11.8. The van der Waals surface area contributed by atoms with E-state index in [2.05, 4.69) is 10.1 Å². The first-order valence-electron chi connectivity index (χ1n) is 9.18. The van der Waals surface area contributed by atoms with Crippen LogP contribution in [-0.2, 0) is 23.9 Å². The van der Waals surface area contributed by atoms with Crippen molar-refractivity contribution in [1.29, 1.82) is 0 Å². The van der Waals surface area contributed by atoms with Gasteiger partial charge < -0.3 is 19.7 Å². The van der Waals surface area contributed by atoms with Crippen molar-refractivity contribution in [3.05, 3.63) is 58.1 Å². The standard InChI is InChI=1S/C21H18Cl2N2O6/c1-30-20(28)12-2-5-15(6-3-12)25-10-13(8-19(25)27)21(29)31-11-18(26)24-17-7-4-14(22)9-16(17)23/h2-7,9,13H,8,10-11H2,1H3,(H,24,26)/t13-/m0/s1. The molecule has 1 aliphatic heterocycles. The number of nitrogens with zero attached hydrogens (tertiary/aromatic N) is 1. The third-order valence-corrected chi connectivity index (χ3v) is 5.16. The summed E-state index contributed by atoms with van der Waals surface area (Å²) in [4.78, 5) is 49.6. The number of benzene rings is 2. The Morgan fingerprint density at radius 1 is 1.13 bits per heavy atom. The minimum atomic E-state index is -0.709. The van der Waals surface area contributed by atoms with E-state index in [0.29, 0.717) is 22.0 Å². The van der Waals surface area contributed by atoms with Crippen LogP contribution < -0.4 is 10.2 Å². The summed E-state index contributed by atoms with van der Waals surface area (Å²) in [5.74, 6) is -2.68. The fourth-order valence-corrected chi connectivity index (χ4v) is 3.50. The summed E-state index contributed by atoms with van der Waals surface area (Å²) in [6.07, 6.45) is -0.0395. The Morgan fingerprint density at radius 3 is 2.48 bits per heavy atom. The molecule has 1 aliphatic rings. The molecule has 2 amide bonds. The molecule has 0 saturated carbocycles. The minimum Gasteiger partial charge on any atom is -0.465 e.